The average molecular weight is 335 g/mol. The van der Waals surface area contributed by atoms with E-state index in [1.54, 1.807) is 12.1 Å². The summed E-state index contributed by atoms with van der Waals surface area (Å²) < 4.78 is 0. The highest BCUT2D eigenvalue weighted by molar-refractivity contribution is 6.33. The number of benzene rings is 1. The van der Waals surface area contributed by atoms with E-state index in [2.05, 4.69) is 0 Å². The maximum Gasteiger partial charge on any atom is 0.255 e. The monoisotopic (exact) mass is 334 g/mol. The summed E-state index contributed by atoms with van der Waals surface area (Å²) >= 11 is 6.13. The third-order valence-corrected chi connectivity index (χ3v) is 5.23. The fourth-order valence-electron chi connectivity index (χ4n) is 3.58. The molecular weight excluding hydrogens is 312 g/mol. The van der Waals surface area contributed by atoms with E-state index in [0.717, 1.165) is 25.8 Å². The number of nitrogens with zero attached hydrogens (tertiary/aromatic N) is 2. The van der Waals surface area contributed by atoms with Crippen molar-refractivity contribution in [2.45, 2.75) is 32.1 Å². The van der Waals surface area contributed by atoms with Gasteiger partial charge in [-0.05, 0) is 31.4 Å². The Labute approximate surface area is 142 Å². The minimum Gasteiger partial charge on any atom is -0.341 e. The van der Waals surface area contributed by atoms with Gasteiger partial charge in [0.05, 0.1) is 10.6 Å². The SMILES string of the molecule is O=C(c1ccccc1Cl)N1CCCN(C(=O)C2CCCC2)CC1. The number of carbonyl (C=O) groups is 2. The van der Waals surface area contributed by atoms with Crippen molar-refractivity contribution in [2.24, 2.45) is 5.92 Å². The van der Waals surface area contributed by atoms with E-state index in [4.69, 9.17) is 11.6 Å². The smallest absolute Gasteiger partial charge is 0.255 e. The minimum absolute atomic E-state index is 0.0363. The molecule has 1 heterocycles. The zero-order valence-electron chi connectivity index (χ0n) is 13.3. The zero-order chi connectivity index (χ0) is 16.2. The number of amides is 2. The largest absolute Gasteiger partial charge is 0.341 e. The highest BCUT2D eigenvalue weighted by Gasteiger charge is 2.29. The van der Waals surface area contributed by atoms with Gasteiger partial charge < -0.3 is 9.80 Å². The third kappa shape index (κ3) is 3.69. The Balaban J connectivity index is 1.63. The maximum absolute atomic E-state index is 12.6. The minimum atomic E-state index is -0.0363. The lowest BCUT2D eigenvalue weighted by atomic mass is 10.1. The van der Waals surface area contributed by atoms with E-state index in [1.807, 2.05) is 21.9 Å². The van der Waals surface area contributed by atoms with Crippen LogP contribution in [0.5, 0.6) is 0 Å². The van der Waals surface area contributed by atoms with Crippen LogP contribution >= 0.6 is 11.6 Å². The molecule has 2 amide bonds. The second-order valence-corrected chi connectivity index (χ2v) is 6.84. The van der Waals surface area contributed by atoms with Crippen molar-refractivity contribution >= 4 is 23.4 Å². The molecular formula is C18H23ClN2O2. The lowest BCUT2D eigenvalue weighted by molar-refractivity contribution is -0.135. The van der Waals surface area contributed by atoms with Gasteiger partial charge in [0, 0.05) is 32.1 Å². The fourth-order valence-corrected chi connectivity index (χ4v) is 3.79. The molecule has 1 aromatic carbocycles. The molecule has 1 saturated carbocycles. The van der Waals surface area contributed by atoms with Gasteiger partial charge in [-0.1, -0.05) is 36.6 Å². The Morgan fingerprint density at radius 1 is 0.913 bits per heavy atom. The molecule has 0 atom stereocenters. The standard InChI is InChI=1S/C18H23ClN2O2/c19-16-9-4-3-8-15(16)18(23)21-11-5-10-20(12-13-21)17(22)14-6-1-2-7-14/h3-4,8-9,14H,1-2,5-7,10-13H2. The Kier molecular flexibility index (Phi) is 5.21. The van der Waals surface area contributed by atoms with Crippen molar-refractivity contribution in [2.75, 3.05) is 26.2 Å². The summed E-state index contributed by atoms with van der Waals surface area (Å²) in [6.07, 6.45) is 5.21. The molecule has 1 aromatic rings. The third-order valence-electron chi connectivity index (χ3n) is 4.90. The molecule has 0 spiro atoms. The number of hydrogen-bond acceptors (Lipinski definition) is 2. The summed E-state index contributed by atoms with van der Waals surface area (Å²) in [4.78, 5) is 29.0. The highest BCUT2D eigenvalue weighted by atomic mass is 35.5. The van der Waals surface area contributed by atoms with Gasteiger partial charge in [0.1, 0.15) is 0 Å². The number of hydrogen-bond donors (Lipinski definition) is 0. The van der Waals surface area contributed by atoms with Gasteiger partial charge >= 0.3 is 0 Å². The molecule has 1 aliphatic heterocycles. The first-order chi connectivity index (χ1) is 11.2. The second-order valence-electron chi connectivity index (χ2n) is 6.43. The molecule has 2 aliphatic rings. The molecule has 1 aliphatic carbocycles. The van der Waals surface area contributed by atoms with Crippen LogP contribution in [0.4, 0.5) is 0 Å². The first kappa shape index (κ1) is 16.3. The van der Waals surface area contributed by atoms with Gasteiger partial charge in [-0.15, -0.1) is 0 Å². The van der Waals surface area contributed by atoms with Crippen LogP contribution in [0.2, 0.25) is 5.02 Å². The van der Waals surface area contributed by atoms with Crippen LogP contribution in [0, 0.1) is 5.92 Å². The van der Waals surface area contributed by atoms with Crippen LogP contribution < -0.4 is 0 Å². The Morgan fingerprint density at radius 3 is 2.30 bits per heavy atom. The van der Waals surface area contributed by atoms with Crippen molar-refractivity contribution in [1.82, 2.24) is 9.80 Å². The normalized spacial score (nSPS) is 19.7. The molecule has 5 heteroatoms. The number of halogens is 1. The molecule has 4 nitrogen and oxygen atoms in total. The van der Waals surface area contributed by atoms with Gasteiger partial charge in [0.15, 0.2) is 0 Å². The van der Waals surface area contributed by atoms with Crippen LogP contribution in [0.25, 0.3) is 0 Å². The highest BCUT2D eigenvalue weighted by Crippen LogP contribution is 2.27. The predicted molar refractivity (Wildman–Crippen MR) is 90.5 cm³/mol. The average Bonchev–Trinajstić information content (AvgIpc) is 2.98. The number of carbonyl (C=O) groups excluding carboxylic acids is 2. The summed E-state index contributed by atoms with van der Waals surface area (Å²) in [5.74, 6) is 0.459. The first-order valence-corrected chi connectivity index (χ1v) is 8.87. The van der Waals surface area contributed by atoms with Gasteiger partial charge in [0.25, 0.3) is 5.91 Å². The van der Waals surface area contributed by atoms with E-state index in [9.17, 15) is 9.59 Å². The van der Waals surface area contributed by atoms with E-state index < -0.39 is 0 Å². The van der Waals surface area contributed by atoms with Gasteiger partial charge in [-0.3, -0.25) is 9.59 Å². The van der Waals surface area contributed by atoms with Crippen molar-refractivity contribution < 1.29 is 9.59 Å². The maximum atomic E-state index is 12.6. The summed E-state index contributed by atoms with van der Waals surface area (Å²) in [7, 11) is 0. The predicted octanol–water partition coefficient (Wildman–Crippen LogP) is 3.20. The lowest BCUT2D eigenvalue weighted by Crippen LogP contribution is -2.39. The van der Waals surface area contributed by atoms with Crippen LogP contribution in [-0.4, -0.2) is 47.8 Å². The van der Waals surface area contributed by atoms with Crippen LogP contribution in [0.3, 0.4) is 0 Å². The summed E-state index contributed by atoms with van der Waals surface area (Å²) in [5.41, 5.74) is 0.546. The lowest BCUT2D eigenvalue weighted by Gasteiger charge is -2.24. The van der Waals surface area contributed by atoms with Crippen molar-refractivity contribution in [3.05, 3.63) is 34.9 Å². The summed E-state index contributed by atoms with van der Waals surface area (Å²) in [6.45, 7) is 2.65. The topological polar surface area (TPSA) is 40.6 Å². The molecule has 0 N–H and O–H groups in total. The fraction of sp³-hybridized carbons (Fsp3) is 0.556. The van der Waals surface area contributed by atoms with E-state index in [1.165, 1.54) is 12.8 Å². The van der Waals surface area contributed by atoms with Gasteiger partial charge in [-0.2, -0.15) is 0 Å². The molecule has 1 saturated heterocycles. The molecule has 23 heavy (non-hydrogen) atoms. The molecule has 0 radical (unpaired) electrons. The molecule has 3 rings (SSSR count). The van der Waals surface area contributed by atoms with Crippen LogP contribution in [0.15, 0.2) is 24.3 Å². The van der Waals surface area contributed by atoms with Gasteiger partial charge in [0.2, 0.25) is 5.91 Å². The molecule has 0 aromatic heterocycles. The molecule has 124 valence electrons. The van der Waals surface area contributed by atoms with Crippen LogP contribution in [-0.2, 0) is 4.79 Å². The first-order valence-electron chi connectivity index (χ1n) is 8.49. The summed E-state index contributed by atoms with van der Waals surface area (Å²) in [6, 6.07) is 7.15. The quantitative estimate of drug-likeness (QED) is 0.833. The van der Waals surface area contributed by atoms with E-state index in [0.29, 0.717) is 30.2 Å². The van der Waals surface area contributed by atoms with E-state index >= 15 is 0 Å². The Hall–Kier alpha value is -1.55. The van der Waals surface area contributed by atoms with Crippen LogP contribution in [0.1, 0.15) is 42.5 Å². The van der Waals surface area contributed by atoms with Crippen molar-refractivity contribution in [3.8, 4) is 0 Å². The second kappa shape index (κ2) is 7.35. The molecule has 0 unspecified atom stereocenters. The summed E-state index contributed by atoms with van der Waals surface area (Å²) in [5, 5.41) is 0.487. The molecule has 0 bridgehead atoms. The van der Waals surface area contributed by atoms with Crippen molar-refractivity contribution in [1.29, 1.82) is 0 Å². The Bertz CT molecular complexity index is 584. The molecule has 2 fully saturated rings. The Morgan fingerprint density at radius 2 is 1.57 bits per heavy atom. The zero-order valence-corrected chi connectivity index (χ0v) is 14.1. The van der Waals surface area contributed by atoms with Crippen molar-refractivity contribution in [3.63, 3.8) is 0 Å². The van der Waals surface area contributed by atoms with E-state index in [-0.39, 0.29) is 17.7 Å². The van der Waals surface area contributed by atoms with Gasteiger partial charge in [-0.25, -0.2) is 0 Å². The number of rotatable bonds is 2.